The van der Waals surface area contributed by atoms with Crippen LogP contribution in [0.3, 0.4) is 0 Å². The van der Waals surface area contributed by atoms with Gasteiger partial charge in [0.25, 0.3) is 0 Å². The first-order chi connectivity index (χ1) is 10.8. The Morgan fingerprint density at radius 2 is 2.09 bits per heavy atom. The van der Waals surface area contributed by atoms with E-state index < -0.39 is 17.5 Å². The molecule has 0 N–H and O–H groups in total. The van der Waals surface area contributed by atoms with Crippen molar-refractivity contribution in [3.8, 4) is 0 Å². The minimum Gasteiger partial charge on any atom is -0.441 e. The topological polar surface area (TPSA) is 58.6 Å². The summed E-state index contributed by atoms with van der Waals surface area (Å²) in [6.45, 7) is 1.48. The number of halogens is 3. The molecule has 1 aromatic rings. The van der Waals surface area contributed by atoms with E-state index in [1.54, 1.807) is 11.9 Å². The van der Waals surface area contributed by atoms with E-state index in [9.17, 15) is 18.0 Å². The maximum atomic E-state index is 12.8. The molecular weight excluding hydrogens is 313 g/mol. The number of hydrogen-bond donors (Lipinski definition) is 0. The number of carbonyl (C=O) groups is 1. The molecule has 1 spiro atoms. The first kappa shape index (κ1) is 15.8. The van der Waals surface area contributed by atoms with Crippen LogP contribution in [0.5, 0.6) is 0 Å². The van der Waals surface area contributed by atoms with Gasteiger partial charge in [0, 0.05) is 32.8 Å². The van der Waals surface area contributed by atoms with Crippen LogP contribution < -0.4 is 4.90 Å². The lowest BCUT2D eigenvalue weighted by atomic mass is 9.95. The molecule has 2 aliphatic rings. The zero-order valence-corrected chi connectivity index (χ0v) is 12.6. The van der Waals surface area contributed by atoms with E-state index in [1.165, 1.54) is 4.90 Å². The highest BCUT2D eigenvalue weighted by Crippen LogP contribution is 2.34. The van der Waals surface area contributed by atoms with Crippen LogP contribution in [-0.4, -0.2) is 53.2 Å². The number of carbonyl (C=O) groups excluding carboxylic acids is 1. The normalized spacial score (nSPS) is 25.7. The van der Waals surface area contributed by atoms with Gasteiger partial charge in [-0.05, 0) is 18.9 Å². The first-order valence-electron chi connectivity index (χ1n) is 7.38. The minimum absolute atomic E-state index is 0.0644. The van der Waals surface area contributed by atoms with Crippen LogP contribution in [0.4, 0.5) is 23.9 Å². The van der Waals surface area contributed by atoms with E-state index >= 15 is 0 Å². The molecule has 1 atom stereocenters. The predicted molar refractivity (Wildman–Crippen MR) is 74.9 cm³/mol. The summed E-state index contributed by atoms with van der Waals surface area (Å²) in [6.07, 6.45) is -1.81. The third-order valence-corrected chi connectivity index (χ3v) is 4.25. The summed E-state index contributed by atoms with van der Waals surface area (Å²) in [7, 11) is 1.68. The van der Waals surface area contributed by atoms with Gasteiger partial charge in [0.2, 0.25) is 5.95 Å². The summed E-state index contributed by atoms with van der Waals surface area (Å²) in [5.74, 6) is 0.0644. The van der Waals surface area contributed by atoms with Gasteiger partial charge >= 0.3 is 12.3 Å². The average Bonchev–Trinajstić information content (AvgIpc) is 2.66. The van der Waals surface area contributed by atoms with Gasteiger partial charge in [-0.15, -0.1) is 0 Å². The van der Waals surface area contributed by atoms with Crippen LogP contribution in [0, 0.1) is 0 Å². The second kappa shape index (κ2) is 5.54. The lowest BCUT2D eigenvalue weighted by Gasteiger charge is -2.25. The van der Waals surface area contributed by atoms with Crippen molar-refractivity contribution < 1.29 is 22.7 Å². The van der Waals surface area contributed by atoms with Crippen molar-refractivity contribution in [2.45, 2.75) is 31.0 Å². The summed E-state index contributed by atoms with van der Waals surface area (Å²) in [6, 6.07) is 0.858. The van der Waals surface area contributed by atoms with E-state index in [1.807, 2.05) is 0 Å². The molecule has 2 fully saturated rings. The molecule has 0 radical (unpaired) electrons. The van der Waals surface area contributed by atoms with Crippen LogP contribution in [-0.2, 0) is 10.9 Å². The monoisotopic (exact) mass is 330 g/mol. The quantitative estimate of drug-likeness (QED) is 0.791. The van der Waals surface area contributed by atoms with E-state index in [-0.39, 0.29) is 12.0 Å². The molecular formula is C14H17F3N4O2. The Balaban J connectivity index is 1.75. The molecule has 2 aliphatic heterocycles. The van der Waals surface area contributed by atoms with Gasteiger partial charge in [0.05, 0.1) is 6.54 Å². The molecule has 1 amide bonds. The molecule has 0 aromatic carbocycles. The maximum absolute atomic E-state index is 12.8. The van der Waals surface area contributed by atoms with Crippen molar-refractivity contribution in [1.82, 2.24) is 14.9 Å². The summed E-state index contributed by atoms with van der Waals surface area (Å²) < 4.78 is 43.8. The maximum Gasteiger partial charge on any atom is 0.433 e. The fourth-order valence-electron chi connectivity index (χ4n) is 3.08. The van der Waals surface area contributed by atoms with Crippen molar-refractivity contribution in [2.75, 3.05) is 31.6 Å². The van der Waals surface area contributed by atoms with Gasteiger partial charge in [-0.25, -0.2) is 14.8 Å². The highest BCUT2D eigenvalue weighted by Gasteiger charge is 2.44. The molecule has 2 saturated heterocycles. The molecule has 3 rings (SSSR count). The first-order valence-corrected chi connectivity index (χ1v) is 7.38. The number of amides is 1. The lowest BCUT2D eigenvalue weighted by Crippen LogP contribution is -2.35. The number of rotatable bonds is 1. The Morgan fingerprint density at radius 3 is 2.74 bits per heavy atom. The lowest BCUT2D eigenvalue weighted by molar-refractivity contribution is -0.141. The van der Waals surface area contributed by atoms with Crippen molar-refractivity contribution >= 4 is 12.0 Å². The highest BCUT2D eigenvalue weighted by atomic mass is 19.4. The Kier molecular flexibility index (Phi) is 3.81. The van der Waals surface area contributed by atoms with Crippen molar-refractivity contribution in [3.63, 3.8) is 0 Å². The standard InChI is InChI=1S/C14H17F3N4O2/c1-20-9-13(23-12(20)22)4-2-7-21(8-5-13)11-18-6-3-10(19-11)14(15,16)17/h3,6H,2,4-5,7-9H2,1H3/t13-/m0/s1. The van der Waals surface area contributed by atoms with Gasteiger partial charge in [-0.2, -0.15) is 13.2 Å². The van der Waals surface area contributed by atoms with Gasteiger partial charge in [0.15, 0.2) is 0 Å². The SMILES string of the molecule is CN1C[C@@]2(CCCN(c3nccc(C(F)(F)F)n3)CC2)OC1=O. The Hall–Kier alpha value is -2.06. The molecule has 0 saturated carbocycles. The molecule has 0 bridgehead atoms. The zero-order valence-electron chi connectivity index (χ0n) is 12.6. The molecule has 23 heavy (non-hydrogen) atoms. The average molecular weight is 330 g/mol. The molecule has 1 aromatic heterocycles. The predicted octanol–water partition coefficient (Wildman–Crippen LogP) is 2.31. The van der Waals surface area contributed by atoms with Crippen LogP contribution in [0.25, 0.3) is 0 Å². The van der Waals surface area contributed by atoms with E-state index in [4.69, 9.17) is 4.74 Å². The summed E-state index contributed by atoms with van der Waals surface area (Å²) in [5, 5.41) is 0. The largest absolute Gasteiger partial charge is 0.441 e. The van der Waals surface area contributed by atoms with E-state index in [0.29, 0.717) is 38.9 Å². The second-order valence-electron chi connectivity index (χ2n) is 5.99. The van der Waals surface area contributed by atoms with Gasteiger partial charge < -0.3 is 14.5 Å². The highest BCUT2D eigenvalue weighted by molar-refractivity contribution is 5.70. The van der Waals surface area contributed by atoms with Gasteiger partial charge in [0.1, 0.15) is 11.3 Å². The molecule has 6 nitrogen and oxygen atoms in total. The summed E-state index contributed by atoms with van der Waals surface area (Å²) in [5.41, 5.74) is -1.50. The fourth-order valence-corrected chi connectivity index (χ4v) is 3.08. The van der Waals surface area contributed by atoms with E-state index in [0.717, 1.165) is 12.3 Å². The molecule has 9 heteroatoms. The summed E-state index contributed by atoms with van der Waals surface area (Å²) >= 11 is 0. The number of anilines is 1. The molecule has 0 unspecified atom stereocenters. The Morgan fingerprint density at radius 1 is 1.30 bits per heavy atom. The third kappa shape index (κ3) is 3.18. The number of nitrogens with zero attached hydrogens (tertiary/aromatic N) is 4. The smallest absolute Gasteiger partial charge is 0.433 e. The van der Waals surface area contributed by atoms with Crippen LogP contribution in [0.1, 0.15) is 25.0 Å². The minimum atomic E-state index is -4.49. The second-order valence-corrected chi connectivity index (χ2v) is 5.99. The molecule has 0 aliphatic carbocycles. The number of aromatic nitrogens is 2. The van der Waals surface area contributed by atoms with Crippen LogP contribution in [0.2, 0.25) is 0 Å². The Bertz CT molecular complexity index is 610. The Labute approximate surface area is 131 Å². The fraction of sp³-hybridized carbons (Fsp3) is 0.643. The van der Waals surface area contributed by atoms with Crippen molar-refractivity contribution in [2.24, 2.45) is 0 Å². The number of hydrogen-bond acceptors (Lipinski definition) is 5. The van der Waals surface area contributed by atoms with Gasteiger partial charge in [-0.3, -0.25) is 0 Å². The van der Waals surface area contributed by atoms with Crippen molar-refractivity contribution in [3.05, 3.63) is 18.0 Å². The van der Waals surface area contributed by atoms with Crippen LogP contribution >= 0.6 is 0 Å². The third-order valence-electron chi connectivity index (χ3n) is 4.25. The van der Waals surface area contributed by atoms with Crippen molar-refractivity contribution in [1.29, 1.82) is 0 Å². The van der Waals surface area contributed by atoms with Gasteiger partial charge in [-0.1, -0.05) is 0 Å². The zero-order chi connectivity index (χ0) is 16.7. The number of ether oxygens (including phenoxy) is 1. The molecule has 126 valence electrons. The van der Waals surface area contributed by atoms with Crippen LogP contribution in [0.15, 0.2) is 12.3 Å². The summed E-state index contributed by atoms with van der Waals surface area (Å²) in [4.78, 5) is 22.4. The number of alkyl halides is 3. The molecule has 3 heterocycles. The van der Waals surface area contributed by atoms with E-state index in [2.05, 4.69) is 9.97 Å². The number of likely N-dealkylation sites (N-methyl/N-ethyl adjacent to an activating group) is 1.